The molecule has 32 heavy (non-hydrogen) atoms. The fraction of sp³-hybridized carbons (Fsp3) is 0.174. The summed E-state index contributed by atoms with van der Waals surface area (Å²) >= 11 is 0. The summed E-state index contributed by atoms with van der Waals surface area (Å²) in [6, 6.07) is 19.4. The highest BCUT2D eigenvalue weighted by atomic mass is 32.2. The van der Waals surface area contributed by atoms with E-state index < -0.39 is 22.5 Å². The van der Waals surface area contributed by atoms with E-state index in [0.29, 0.717) is 22.9 Å². The summed E-state index contributed by atoms with van der Waals surface area (Å²) in [6.07, 6.45) is 0. The van der Waals surface area contributed by atoms with Crippen molar-refractivity contribution in [1.82, 2.24) is 0 Å². The lowest BCUT2D eigenvalue weighted by atomic mass is 10.2. The Morgan fingerprint density at radius 2 is 1.44 bits per heavy atom. The van der Waals surface area contributed by atoms with Gasteiger partial charge in [-0.15, -0.1) is 0 Å². The first kappa shape index (κ1) is 23.0. The molecule has 168 valence electrons. The molecule has 0 aliphatic carbocycles. The number of nitrogens with zero attached hydrogens (tertiary/aromatic N) is 1. The van der Waals surface area contributed by atoms with E-state index in [-0.39, 0.29) is 10.6 Å². The van der Waals surface area contributed by atoms with Crippen molar-refractivity contribution in [3.8, 4) is 17.2 Å². The largest absolute Gasteiger partial charge is 0.495 e. The molecule has 3 aromatic carbocycles. The highest BCUT2D eigenvalue weighted by Crippen LogP contribution is 2.33. The molecule has 0 fully saturated rings. The molecule has 0 saturated heterocycles. The summed E-state index contributed by atoms with van der Waals surface area (Å²) in [5, 5.41) is 2.71. The molecule has 0 aliphatic heterocycles. The number of rotatable bonds is 9. The van der Waals surface area contributed by atoms with Gasteiger partial charge in [0, 0.05) is 11.8 Å². The highest BCUT2D eigenvalue weighted by Gasteiger charge is 2.29. The summed E-state index contributed by atoms with van der Waals surface area (Å²) in [5.74, 6) is 0.727. The van der Waals surface area contributed by atoms with Crippen LogP contribution in [0.15, 0.2) is 77.7 Å². The average molecular weight is 457 g/mol. The van der Waals surface area contributed by atoms with Gasteiger partial charge in [-0.2, -0.15) is 0 Å². The molecule has 3 rings (SSSR count). The van der Waals surface area contributed by atoms with Crippen molar-refractivity contribution in [2.24, 2.45) is 0 Å². The molecule has 3 aromatic rings. The predicted octanol–water partition coefficient (Wildman–Crippen LogP) is 3.55. The first-order valence-corrected chi connectivity index (χ1v) is 11.1. The smallest absolute Gasteiger partial charge is 0.264 e. The molecule has 0 heterocycles. The average Bonchev–Trinajstić information content (AvgIpc) is 2.82. The van der Waals surface area contributed by atoms with Crippen LogP contribution in [-0.2, 0) is 14.8 Å². The van der Waals surface area contributed by atoms with Gasteiger partial charge in [-0.3, -0.25) is 9.10 Å². The Bertz CT molecular complexity index is 1180. The van der Waals surface area contributed by atoms with Crippen LogP contribution in [0.1, 0.15) is 0 Å². The van der Waals surface area contributed by atoms with E-state index >= 15 is 0 Å². The van der Waals surface area contributed by atoms with Gasteiger partial charge in [0.2, 0.25) is 5.91 Å². The van der Waals surface area contributed by atoms with Gasteiger partial charge < -0.3 is 19.5 Å². The number of hydrogen-bond donors (Lipinski definition) is 1. The molecule has 0 atom stereocenters. The molecule has 1 N–H and O–H groups in total. The second-order valence-electron chi connectivity index (χ2n) is 6.61. The Labute approximate surface area is 187 Å². The number of carbonyl (C=O) groups excluding carboxylic acids is 1. The lowest BCUT2D eigenvalue weighted by Crippen LogP contribution is -2.38. The number of carbonyl (C=O) groups is 1. The van der Waals surface area contributed by atoms with Crippen LogP contribution in [0.25, 0.3) is 0 Å². The van der Waals surface area contributed by atoms with E-state index in [0.717, 1.165) is 4.31 Å². The van der Waals surface area contributed by atoms with E-state index in [1.807, 2.05) is 0 Å². The molecule has 0 bridgehead atoms. The molecule has 0 aromatic heterocycles. The quantitative estimate of drug-likeness (QED) is 0.529. The third-order valence-corrected chi connectivity index (χ3v) is 6.41. The molecular weight excluding hydrogens is 432 g/mol. The van der Waals surface area contributed by atoms with Crippen molar-refractivity contribution in [2.45, 2.75) is 4.90 Å². The summed E-state index contributed by atoms with van der Waals surface area (Å²) < 4.78 is 43.7. The van der Waals surface area contributed by atoms with E-state index in [1.165, 1.54) is 33.5 Å². The third-order valence-electron chi connectivity index (χ3n) is 4.64. The number of sulfonamides is 1. The van der Waals surface area contributed by atoms with Crippen molar-refractivity contribution in [2.75, 3.05) is 37.5 Å². The molecule has 0 radical (unpaired) electrons. The Morgan fingerprint density at radius 3 is 2.09 bits per heavy atom. The van der Waals surface area contributed by atoms with Gasteiger partial charge >= 0.3 is 0 Å². The molecule has 9 heteroatoms. The normalized spacial score (nSPS) is 10.8. The van der Waals surface area contributed by atoms with Crippen molar-refractivity contribution < 1.29 is 27.4 Å². The summed E-state index contributed by atoms with van der Waals surface area (Å²) in [5.41, 5.74) is 0.686. The number of hydrogen-bond acceptors (Lipinski definition) is 6. The molecule has 0 aliphatic rings. The van der Waals surface area contributed by atoms with Crippen molar-refractivity contribution >= 4 is 27.3 Å². The number of nitrogens with one attached hydrogen (secondary N) is 1. The van der Waals surface area contributed by atoms with Crippen molar-refractivity contribution in [1.29, 1.82) is 0 Å². The van der Waals surface area contributed by atoms with Crippen LogP contribution < -0.4 is 23.8 Å². The number of para-hydroxylation sites is 2. The lowest BCUT2D eigenvalue weighted by Gasteiger charge is -2.25. The number of anilines is 2. The zero-order valence-corrected chi connectivity index (χ0v) is 18.8. The zero-order valence-electron chi connectivity index (χ0n) is 17.9. The molecular formula is C23H24N2O6S. The van der Waals surface area contributed by atoms with Crippen LogP contribution in [0.4, 0.5) is 11.4 Å². The maximum absolute atomic E-state index is 13.4. The van der Waals surface area contributed by atoms with Gasteiger partial charge in [0.15, 0.2) is 11.5 Å². The summed E-state index contributed by atoms with van der Waals surface area (Å²) in [6.45, 7) is -0.466. The molecule has 0 unspecified atom stereocenters. The van der Waals surface area contributed by atoms with Crippen LogP contribution in [-0.4, -0.2) is 42.2 Å². The maximum Gasteiger partial charge on any atom is 0.264 e. The predicted molar refractivity (Wildman–Crippen MR) is 122 cm³/mol. The number of methoxy groups -OCH3 is 3. The van der Waals surface area contributed by atoms with Gasteiger partial charge in [-0.05, 0) is 36.4 Å². The van der Waals surface area contributed by atoms with Crippen LogP contribution in [0.2, 0.25) is 0 Å². The molecule has 1 amide bonds. The Balaban J connectivity index is 1.95. The van der Waals surface area contributed by atoms with E-state index in [4.69, 9.17) is 14.2 Å². The standard InChI is InChI=1S/C23H24N2O6S/c1-29-20-12-8-7-11-19(20)25(32(27,28)18-9-5-4-6-10-18)16-23(26)24-17-13-14-21(30-2)22(15-17)31-3/h4-15H,16H2,1-3H3,(H,24,26). The maximum atomic E-state index is 13.4. The topological polar surface area (TPSA) is 94.2 Å². The first-order valence-electron chi connectivity index (χ1n) is 9.63. The fourth-order valence-corrected chi connectivity index (χ4v) is 4.55. The Hall–Kier alpha value is -3.72. The Kier molecular flexibility index (Phi) is 7.21. The van der Waals surface area contributed by atoms with Gasteiger partial charge in [0.05, 0.1) is 31.9 Å². The minimum atomic E-state index is -4.05. The molecule has 0 spiro atoms. The van der Waals surface area contributed by atoms with Crippen LogP contribution >= 0.6 is 0 Å². The molecule has 0 saturated carbocycles. The fourth-order valence-electron chi connectivity index (χ4n) is 3.10. The van der Waals surface area contributed by atoms with Crippen LogP contribution in [0.3, 0.4) is 0 Å². The first-order chi connectivity index (χ1) is 15.4. The second-order valence-corrected chi connectivity index (χ2v) is 8.48. The van der Waals surface area contributed by atoms with E-state index in [1.54, 1.807) is 60.7 Å². The number of amides is 1. The molecule has 8 nitrogen and oxygen atoms in total. The highest BCUT2D eigenvalue weighted by molar-refractivity contribution is 7.92. The van der Waals surface area contributed by atoms with Gasteiger partial charge in [-0.25, -0.2) is 8.42 Å². The number of ether oxygens (including phenoxy) is 3. The van der Waals surface area contributed by atoms with Gasteiger partial charge in [-0.1, -0.05) is 30.3 Å². The van der Waals surface area contributed by atoms with Gasteiger partial charge in [0.1, 0.15) is 12.3 Å². The van der Waals surface area contributed by atoms with Crippen LogP contribution in [0.5, 0.6) is 17.2 Å². The lowest BCUT2D eigenvalue weighted by molar-refractivity contribution is -0.114. The third kappa shape index (κ3) is 4.94. The van der Waals surface area contributed by atoms with Crippen molar-refractivity contribution in [3.63, 3.8) is 0 Å². The SMILES string of the molecule is COc1ccc(NC(=O)CN(c2ccccc2OC)S(=O)(=O)c2ccccc2)cc1OC. The monoisotopic (exact) mass is 456 g/mol. The zero-order chi connectivity index (χ0) is 23.1. The summed E-state index contributed by atoms with van der Waals surface area (Å²) in [7, 11) is 0.386. The van der Waals surface area contributed by atoms with E-state index in [9.17, 15) is 13.2 Å². The second kappa shape index (κ2) is 10.1. The minimum Gasteiger partial charge on any atom is -0.495 e. The summed E-state index contributed by atoms with van der Waals surface area (Å²) in [4.78, 5) is 13.0. The van der Waals surface area contributed by atoms with E-state index in [2.05, 4.69) is 5.32 Å². The van der Waals surface area contributed by atoms with Gasteiger partial charge in [0.25, 0.3) is 10.0 Å². The number of benzene rings is 3. The minimum absolute atomic E-state index is 0.0600. The van der Waals surface area contributed by atoms with Crippen molar-refractivity contribution in [3.05, 3.63) is 72.8 Å². The Morgan fingerprint density at radius 1 is 0.812 bits per heavy atom. The van der Waals surface area contributed by atoms with Crippen LogP contribution in [0, 0.1) is 0 Å².